The Labute approximate surface area is 116 Å². The predicted molar refractivity (Wildman–Crippen MR) is 73.7 cm³/mol. The summed E-state index contributed by atoms with van der Waals surface area (Å²) in [6.07, 6.45) is 4.18. The molecule has 6 heteroatoms. The van der Waals surface area contributed by atoms with Crippen LogP contribution in [0.15, 0.2) is 18.3 Å². The Morgan fingerprint density at radius 1 is 1.47 bits per heavy atom. The first kappa shape index (κ1) is 12.3. The first-order valence-corrected chi connectivity index (χ1v) is 6.63. The number of nitrogens with two attached hydrogens (primary N) is 1. The second-order valence-corrected chi connectivity index (χ2v) is 5.23. The number of halogens is 1. The molecule has 100 valence electrons. The normalized spacial score (nSPS) is 14.6. The molecule has 0 saturated heterocycles. The Balaban J connectivity index is 1.86. The number of rotatable bonds is 4. The van der Waals surface area contributed by atoms with Gasteiger partial charge in [0.15, 0.2) is 5.82 Å². The first-order chi connectivity index (χ1) is 9.13. The minimum absolute atomic E-state index is 0.466. The molecule has 0 aromatic carbocycles. The van der Waals surface area contributed by atoms with E-state index in [2.05, 4.69) is 10.1 Å². The molecule has 2 aromatic rings. The third-order valence-electron chi connectivity index (χ3n) is 3.10. The fraction of sp³-hybridized carbons (Fsp3) is 0.385. The van der Waals surface area contributed by atoms with Gasteiger partial charge in [-0.15, -0.1) is 0 Å². The molecule has 0 unspecified atom stereocenters. The summed E-state index contributed by atoms with van der Waals surface area (Å²) in [5, 5.41) is 4.89. The quantitative estimate of drug-likeness (QED) is 0.933. The van der Waals surface area contributed by atoms with Gasteiger partial charge in [-0.3, -0.25) is 0 Å². The van der Waals surface area contributed by atoms with Crippen molar-refractivity contribution in [3.63, 3.8) is 0 Å². The van der Waals surface area contributed by atoms with Gasteiger partial charge in [0.05, 0.1) is 29.2 Å². The van der Waals surface area contributed by atoms with Gasteiger partial charge < -0.3 is 10.5 Å². The van der Waals surface area contributed by atoms with Crippen LogP contribution in [-0.4, -0.2) is 21.4 Å². The summed E-state index contributed by atoms with van der Waals surface area (Å²) in [4.78, 5) is 4.39. The number of nitrogens with zero attached hydrogens (tertiary/aromatic N) is 3. The highest BCUT2D eigenvalue weighted by molar-refractivity contribution is 6.31. The topological polar surface area (TPSA) is 66.0 Å². The Hall–Kier alpha value is -1.75. The lowest BCUT2D eigenvalue weighted by molar-refractivity contribution is 0.290. The molecule has 0 radical (unpaired) electrons. The van der Waals surface area contributed by atoms with Crippen molar-refractivity contribution in [3.8, 4) is 11.7 Å². The second-order valence-electron chi connectivity index (χ2n) is 4.83. The highest BCUT2D eigenvalue weighted by Crippen LogP contribution is 2.30. The molecule has 0 atom stereocenters. The van der Waals surface area contributed by atoms with E-state index in [-0.39, 0.29) is 0 Å². The second kappa shape index (κ2) is 4.74. The van der Waals surface area contributed by atoms with Crippen molar-refractivity contribution in [1.82, 2.24) is 14.8 Å². The number of anilines is 1. The minimum atomic E-state index is 0.466. The maximum atomic E-state index is 5.99. The molecule has 0 bridgehead atoms. The van der Waals surface area contributed by atoms with E-state index in [0.29, 0.717) is 34.9 Å². The van der Waals surface area contributed by atoms with Crippen molar-refractivity contribution in [2.24, 2.45) is 5.92 Å². The highest BCUT2D eigenvalue weighted by atomic mass is 35.5. The van der Waals surface area contributed by atoms with Crippen molar-refractivity contribution >= 4 is 17.3 Å². The van der Waals surface area contributed by atoms with Gasteiger partial charge in [0.2, 0.25) is 5.88 Å². The average Bonchev–Trinajstić information content (AvgIpc) is 3.15. The molecular weight excluding hydrogens is 264 g/mol. The average molecular weight is 279 g/mol. The zero-order valence-electron chi connectivity index (χ0n) is 10.6. The van der Waals surface area contributed by atoms with Gasteiger partial charge in [0.25, 0.3) is 0 Å². The summed E-state index contributed by atoms with van der Waals surface area (Å²) in [5.41, 5.74) is 7.17. The number of aryl methyl sites for hydroxylation is 1. The zero-order valence-corrected chi connectivity index (χ0v) is 11.4. The van der Waals surface area contributed by atoms with E-state index in [1.165, 1.54) is 12.8 Å². The van der Waals surface area contributed by atoms with Crippen LogP contribution in [0.25, 0.3) is 5.82 Å². The maximum absolute atomic E-state index is 5.99. The third-order valence-corrected chi connectivity index (χ3v) is 3.47. The standard InChI is InChI=1S/C13H15ClN4O/c1-8-10(14)6-18(17-8)12-5-4-11(15)13(16-12)19-7-9-2-3-9/h4-6,9H,2-3,7,15H2,1H3. The predicted octanol–water partition coefficient (Wildman–Crippen LogP) is 2.60. The fourth-order valence-corrected chi connectivity index (χ4v) is 1.85. The lowest BCUT2D eigenvalue weighted by Gasteiger charge is -2.09. The number of pyridine rings is 1. The Morgan fingerprint density at radius 3 is 2.89 bits per heavy atom. The monoisotopic (exact) mass is 278 g/mol. The molecule has 5 nitrogen and oxygen atoms in total. The summed E-state index contributed by atoms with van der Waals surface area (Å²) in [6, 6.07) is 3.57. The molecule has 0 amide bonds. The molecule has 1 saturated carbocycles. The largest absolute Gasteiger partial charge is 0.476 e. The molecule has 19 heavy (non-hydrogen) atoms. The third kappa shape index (κ3) is 2.66. The number of ether oxygens (including phenoxy) is 1. The SMILES string of the molecule is Cc1nn(-c2ccc(N)c(OCC3CC3)n2)cc1Cl. The molecular formula is C13H15ClN4O. The summed E-state index contributed by atoms with van der Waals surface area (Å²) in [6.45, 7) is 2.53. The van der Waals surface area contributed by atoms with Gasteiger partial charge in [0.1, 0.15) is 0 Å². The van der Waals surface area contributed by atoms with Gasteiger partial charge >= 0.3 is 0 Å². The molecule has 1 aliphatic rings. The van der Waals surface area contributed by atoms with Crippen molar-refractivity contribution in [3.05, 3.63) is 29.0 Å². The van der Waals surface area contributed by atoms with E-state index in [1.54, 1.807) is 23.0 Å². The van der Waals surface area contributed by atoms with Crippen LogP contribution in [0.1, 0.15) is 18.5 Å². The van der Waals surface area contributed by atoms with E-state index in [0.717, 1.165) is 5.69 Å². The summed E-state index contributed by atoms with van der Waals surface area (Å²) in [5.74, 6) is 1.77. The smallest absolute Gasteiger partial charge is 0.239 e. The van der Waals surface area contributed by atoms with Crippen LogP contribution in [0.4, 0.5) is 5.69 Å². The Morgan fingerprint density at radius 2 is 2.26 bits per heavy atom. The van der Waals surface area contributed by atoms with E-state index in [4.69, 9.17) is 22.1 Å². The first-order valence-electron chi connectivity index (χ1n) is 6.25. The number of hydrogen-bond donors (Lipinski definition) is 1. The molecule has 3 rings (SSSR count). The van der Waals surface area contributed by atoms with Gasteiger partial charge in [-0.2, -0.15) is 10.1 Å². The van der Waals surface area contributed by atoms with E-state index in [1.807, 2.05) is 6.92 Å². The number of aromatic nitrogens is 3. The van der Waals surface area contributed by atoms with E-state index >= 15 is 0 Å². The Kier molecular flexibility index (Phi) is 3.06. The highest BCUT2D eigenvalue weighted by Gasteiger charge is 2.22. The van der Waals surface area contributed by atoms with E-state index < -0.39 is 0 Å². The molecule has 1 fully saturated rings. The maximum Gasteiger partial charge on any atom is 0.239 e. The molecule has 2 N–H and O–H groups in total. The number of hydrogen-bond acceptors (Lipinski definition) is 4. The fourth-order valence-electron chi connectivity index (χ4n) is 1.72. The van der Waals surface area contributed by atoms with Gasteiger partial charge in [-0.25, -0.2) is 4.68 Å². The van der Waals surface area contributed by atoms with Gasteiger partial charge in [-0.1, -0.05) is 11.6 Å². The van der Waals surface area contributed by atoms with Crippen LogP contribution in [-0.2, 0) is 0 Å². The summed E-state index contributed by atoms with van der Waals surface area (Å²) in [7, 11) is 0. The van der Waals surface area contributed by atoms with Gasteiger partial charge in [0, 0.05) is 0 Å². The lowest BCUT2D eigenvalue weighted by Crippen LogP contribution is -2.06. The van der Waals surface area contributed by atoms with Crippen molar-refractivity contribution < 1.29 is 4.74 Å². The summed E-state index contributed by atoms with van der Waals surface area (Å²) < 4.78 is 7.28. The molecule has 0 aliphatic heterocycles. The molecule has 1 aliphatic carbocycles. The van der Waals surface area contributed by atoms with Crippen LogP contribution < -0.4 is 10.5 Å². The molecule has 2 aromatic heterocycles. The molecule has 2 heterocycles. The van der Waals surface area contributed by atoms with Crippen molar-refractivity contribution in [1.29, 1.82) is 0 Å². The molecule has 0 spiro atoms. The van der Waals surface area contributed by atoms with Crippen LogP contribution in [0.2, 0.25) is 5.02 Å². The van der Waals surface area contributed by atoms with Gasteiger partial charge in [-0.05, 0) is 37.8 Å². The van der Waals surface area contributed by atoms with Crippen molar-refractivity contribution in [2.45, 2.75) is 19.8 Å². The minimum Gasteiger partial charge on any atom is -0.476 e. The Bertz CT molecular complexity index is 587. The number of nitrogen functional groups attached to an aromatic ring is 1. The van der Waals surface area contributed by atoms with Crippen LogP contribution >= 0.6 is 11.6 Å². The summed E-state index contributed by atoms with van der Waals surface area (Å²) >= 11 is 5.99. The van der Waals surface area contributed by atoms with E-state index in [9.17, 15) is 0 Å². The van der Waals surface area contributed by atoms with Crippen LogP contribution in [0.3, 0.4) is 0 Å². The zero-order chi connectivity index (χ0) is 13.4. The van der Waals surface area contributed by atoms with Crippen molar-refractivity contribution in [2.75, 3.05) is 12.3 Å². The van der Waals surface area contributed by atoms with Crippen LogP contribution in [0, 0.1) is 12.8 Å². The van der Waals surface area contributed by atoms with Crippen LogP contribution in [0.5, 0.6) is 5.88 Å². The lowest BCUT2D eigenvalue weighted by atomic mass is 10.4.